The van der Waals surface area contributed by atoms with Crippen LogP contribution in [0, 0.1) is 10.8 Å². The molecular weight excluding hydrogens is 176 g/mol. The van der Waals surface area contributed by atoms with Crippen molar-refractivity contribution in [3.63, 3.8) is 0 Å². The zero-order chi connectivity index (χ0) is 10.2. The van der Waals surface area contributed by atoms with Gasteiger partial charge in [0.1, 0.15) is 0 Å². The molecule has 0 heterocycles. The van der Waals surface area contributed by atoms with E-state index in [-0.39, 0.29) is 10.8 Å². The average Bonchev–Trinajstić information content (AvgIpc) is 2.53. The van der Waals surface area contributed by atoms with E-state index >= 15 is 0 Å². The summed E-state index contributed by atoms with van der Waals surface area (Å²) in [5, 5.41) is 9.50. The molecule has 0 unspecified atom stereocenters. The van der Waals surface area contributed by atoms with Gasteiger partial charge >= 0.3 is 5.97 Å². The van der Waals surface area contributed by atoms with Crippen molar-refractivity contribution in [1.82, 2.24) is 0 Å². The van der Waals surface area contributed by atoms with E-state index in [0.29, 0.717) is 0 Å². The SMILES string of the molecule is CCC1(C2(C(=O)O)CCCC2)CCC1. The molecule has 0 spiro atoms. The van der Waals surface area contributed by atoms with Gasteiger partial charge in [-0.05, 0) is 37.5 Å². The van der Waals surface area contributed by atoms with Crippen molar-refractivity contribution in [2.75, 3.05) is 0 Å². The summed E-state index contributed by atoms with van der Waals surface area (Å²) in [6.07, 6.45) is 8.68. The molecule has 0 aromatic rings. The molecule has 2 rings (SSSR count). The van der Waals surface area contributed by atoms with Crippen LogP contribution in [-0.4, -0.2) is 11.1 Å². The van der Waals surface area contributed by atoms with Gasteiger partial charge in [0.25, 0.3) is 0 Å². The first-order valence-electron chi connectivity index (χ1n) is 5.90. The molecule has 0 atom stereocenters. The lowest BCUT2D eigenvalue weighted by Gasteiger charge is -2.52. The monoisotopic (exact) mass is 196 g/mol. The molecular formula is C12H20O2. The highest BCUT2D eigenvalue weighted by Gasteiger charge is 2.58. The Hall–Kier alpha value is -0.530. The minimum absolute atomic E-state index is 0.162. The lowest BCUT2D eigenvalue weighted by atomic mass is 9.51. The van der Waals surface area contributed by atoms with Crippen molar-refractivity contribution < 1.29 is 9.90 Å². The maximum absolute atomic E-state index is 11.5. The molecule has 2 saturated carbocycles. The molecule has 2 nitrogen and oxygen atoms in total. The van der Waals surface area contributed by atoms with Crippen molar-refractivity contribution in [3.8, 4) is 0 Å². The van der Waals surface area contributed by atoms with Gasteiger partial charge in [-0.25, -0.2) is 0 Å². The second kappa shape index (κ2) is 3.25. The van der Waals surface area contributed by atoms with E-state index in [1.54, 1.807) is 0 Å². The lowest BCUT2D eigenvalue weighted by molar-refractivity contribution is -0.165. The van der Waals surface area contributed by atoms with Crippen molar-refractivity contribution >= 4 is 5.97 Å². The van der Waals surface area contributed by atoms with Crippen LogP contribution in [0.25, 0.3) is 0 Å². The molecule has 2 aliphatic rings. The molecule has 80 valence electrons. The van der Waals surface area contributed by atoms with Gasteiger partial charge in [0.05, 0.1) is 5.41 Å². The van der Waals surface area contributed by atoms with Gasteiger partial charge < -0.3 is 5.11 Å². The van der Waals surface area contributed by atoms with Crippen LogP contribution in [0.1, 0.15) is 58.3 Å². The van der Waals surface area contributed by atoms with Crippen LogP contribution in [0.2, 0.25) is 0 Å². The van der Waals surface area contributed by atoms with E-state index in [9.17, 15) is 9.90 Å². The minimum atomic E-state index is -0.517. The molecule has 0 aromatic carbocycles. The predicted octanol–water partition coefficient (Wildman–Crippen LogP) is 3.21. The maximum atomic E-state index is 11.5. The molecule has 0 aliphatic heterocycles. The fraction of sp³-hybridized carbons (Fsp3) is 0.917. The minimum Gasteiger partial charge on any atom is -0.481 e. The van der Waals surface area contributed by atoms with Crippen molar-refractivity contribution in [1.29, 1.82) is 0 Å². The van der Waals surface area contributed by atoms with Crippen LogP contribution in [0.5, 0.6) is 0 Å². The summed E-state index contributed by atoms with van der Waals surface area (Å²) in [7, 11) is 0. The Morgan fingerprint density at radius 1 is 1.14 bits per heavy atom. The van der Waals surface area contributed by atoms with E-state index in [4.69, 9.17) is 0 Å². The van der Waals surface area contributed by atoms with Gasteiger partial charge in [-0.1, -0.05) is 26.2 Å². The Morgan fingerprint density at radius 3 is 2.00 bits per heavy atom. The van der Waals surface area contributed by atoms with Gasteiger partial charge in [-0.3, -0.25) is 4.79 Å². The largest absolute Gasteiger partial charge is 0.481 e. The zero-order valence-corrected chi connectivity index (χ0v) is 9.01. The standard InChI is InChI=1S/C12H20O2/c1-2-11(6-5-7-11)12(10(13)14)8-3-4-9-12/h2-9H2,1H3,(H,13,14). The van der Waals surface area contributed by atoms with Crippen molar-refractivity contribution in [2.24, 2.45) is 10.8 Å². The molecule has 0 radical (unpaired) electrons. The van der Waals surface area contributed by atoms with Gasteiger partial charge in [-0.15, -0.1) is 0 Å². The first-order chi connectivity index (χ1) is 6.67. The van der Waals surface area contributed by atoms with Crippen LogP contribution in [0.4, 0.5) is 0 Å². The highest BCUT2D eigenvalue weighted by Crippen LogP contribution is 2.62. The predicted molar refractivity (Wildman–Crippen MR) is 55.1 cm³/mol. The Balaban J connectivity index is 2.29. The molecule has 14 heavy (non-hydrogen) atoms. The second-order valence-electron chi connectivity index (χ2n) is 5.08. The summed E-state index contributed by atoms with van der Waals surface area (Å²) in [6.45, 7) is 2.17. The highest BCUT2D eigenvalue weighted by atomic mass is 16.4. The van der Waals surface area contributed by atoms with Gasteiger partial charge in [-0.2, -0.15) is 0 Å². The summed E-state index contributed by atoms with van der Waals surface area (Å²) < 4.78 is 0. The molecule has 0 amide bonds. The smallest absolute Gasteiger partial charge is 0.310 e. The molecule has 2 aliphatic carbocycles. The average molecular weight is 196 g/mol. The zero-order valence-electron chi connectivity index (χ0n) is 9.01. The lowest BCUT2D eigenvalue weighted by Crippen LogP contribution is -2.50. The van der Waals surface area contributed by atoms with Crippen LogP contribution >= 0.6 is 0 Å². The Kier molecular flexibility index (Phi) is 2.32. The Labute approximate surface area is 85.7 Å². The fourth-order valence-corrected chi connectivity index (χ4v) is 3.72. The number of carboxylic acid groups (broad SMARTS) is 1. The van der Waals surface area contributed by atoms with Gasteiger partial charge in [0.15, 0.2) is 0 Å². The summed E-state index contributed by atoms with van der Waals surface area (Å²) in [5.41, 5.74) is -0.185. The normalized spacial score (nSPS) is 28.4. The summed E-state index contributed by atoms with van der Waals surface area (Å²) in [4.78, 5) is 11.5. The molecule has 0 bridgehead atoms. The van der Waals surface area contributed by atoms with Gasteiger partial charge in [0.2, 0.25) is 0 Å². The first kappa shape index (κ1) is 10.0. The number of aliphatic carboxylic acids is 1. The highest BCUT2D eigenvalue weighted by molar-refractivity contribution is 5.76. The number of hydrogen-bond donors (Lipinski definition) is 1. The third-order valence-electron chi connectivity index (χ3n) is 4.87. The Morgan fingerprint density at radius 2 is 1.71 bits per heavy atom. The molecule has 0 saturated heterocycles. The molecule has 2 fully saturated rings. The topological polar surface area (TPSA) is 37.3 Å². The number of carbonyl (C=O) groups is 1. The van der Waals surface area contributed by atoms with E-state index in [1.165, 1.54) is 6.42 Å². The number of carboxylic acids is 1. The third kappa shape index (κ3) is 1.06. The summed E-state index contributed by atoms with van der Waals surface area (Å²) in [5.74, 6) is -0.517. The van der Waals surface area contributed by atoms with E-state index in [2.05, 4.69) is 6.92 Å². The van der Waals surface area contributed by atoms with Crippen LogP contribution in [0.3, 0.4) is 0 Å². The maximum Gasteiger partial charge on any atom is 0.310 e. The van der Waals surface area contributed by atoms with Crippen molar-refractivity contribution in [3.05, 3.63) is 0 Å². The third-order valence-corrected chi connectivity index (χ3v) is 4.87. The molecule has 2 heteroatoms. The van der Waals surface area contributed by atoms with E-state index in [1.807, 2.05) is 0 Å². The van der Waals surface area contributed by atoms with Crippen molar-refractivity contribution in [2.45, 2.75) is 58.3 Å². The van der Waals surface area contributed by atoms with E-state index in [0.717, 1.165) is 44.9 Å². The van der Waals surface area contributed by atoms with Gasteiger partial charge in [0, 0.05) is 0 Å². The first-order valence-corrected chi connectivity index (χ1v) is 5.90. The van der Waals surface area contributed by atoms with Crippen LogP contribution < -0.4 is 0 Å². The number of rotatable bonds is 3. The fourth-order valence-electron chi connectivity index (χ4n) is 3.72. The Bertz CT molecular complexity index is 229. The quantitative estimate of drug-likeness (QED) is 0.752. The second-order valence-corrected chi connectivity index (χ2v) is 5.08. The van der Waals surface area contributed by atoms with Crippen LogP contribution in [0.15, 0.2) is 0 Å². The van der Waals surface area contributed by atoms with Crippen LogP contribution in [-0.2, 0) is 4.79 Å². The molecule has 1 N–H and O–H groups in total. The summed E-state index contributed by atoms with van der Waals surface area (Å²) >= 11 is 0. The summed E-state index contributed by atoms with van der Waals surface area (Å²) in [6, 6.07) is 0. The number of hydrogen-bond acceptors (Lipinski definition) is 1. The van der Waals surface area contributed by atoms with E-state index < -0.39 is 5.97 Å². The molecule has 0 aromatic heterocycles.